The van der Waals surface area contributed by atoms with Crippen molar-refractivity contribution >= 4 is 11.9 Å². The molecule has 1 fully saturated rings. The summed E-state index contributed by atoms with van der Waals surface area (Å²) in [6.45, 7) is 7.29. The lowest BCUT2D eigenvalue weighted by Gasteiger charge is -2.33. The second-order valence-corrected chi connectivity index (χ2v) is 6.74. The average Bonchev–Trinajstić information content (AvgIpc) is 2.75. The van der Waals surface area contributed by atoms with Crippen LogP contribution in [0, 0.1) is 5.92 Å². The molecule has 1 saturated heterocycles. The molecule has 2 rings (SSSR count). The molecule has 0 amide bonds. The number of nitrogens with zero attached hydrogens (tertiary/aromatic N) is 2. The van der Waals surface area contributed by atoms with Gasteiger partial charge in [-0.15, -0.1) is 0 Å². The van der Waals surface area contributed by atoms with Gasteiger partial charge < -0.3 is 29.5 Å². The molecule has 0 saturated carbocycles. The third-order valence-electron chi connectivity index (χ3n) is 4.74. The zero-order valence-electron chi connectivity index (χ0n) is 17.6. The van der Waals surface area contributed by atoms with Crippen molar-refractivity contribution in [1.29, 1.82) is 0 Å². The molecule has 0 unspecified atom stereocenters. The Morgan fingerprint density at radius 1 is 1.28 bits per heavy atom. The number of methoxy groups -OCH3 is 1. The van der Waals surface area contributed by atoms with Crippen molar-refractivity contribution in [3.63, 3.8) is 0 Å². The van der Waals surface area contributed by atoms with E-state index in [9.17, 15) is 4.79 Å². The molecule has 0 bridgehead atoms. The minimum absolute atomic E-state index is 0.0233. The molecule has 0 spiro atoms. The van der Waals surface area contributed by atoms with Gasteiger partial charge in [0.05, 0.1) is 32.8 Å². The standard InChI is InChI=1S/C21H33N3O5/c1-4-22-21(24-10-8-17(9-11-24)20(26)28-5-2)23-15-16-6-7-18(29-13-12-25)19(14-16)27-3/h6-7,14,17,25H,4-5,8-13,15H2,1-3H3,(H,22,23). The number of hydrogen-bond donors (Lipinski definition) is 2. The van der Waals surface area contributed by atoms with Crippen molar-refractivity contribution in [2.75, 3.05) is 46.6 Å². The Bertz CT molecular complexity index is 672. The number of nitrogens with one attached hydrogen (secondary N) is 1. The van der Waals surface area contributed by atoms with Crippen LogP contribution in [-0.4, -0.2) is 68.5 Å². The number of piperidine rings is 1. The monoisotopic (exact) mass is 407 g/mol. The summed E-state index contributed by atoms with van der Waals surface area (Å²) in [6, 6.07) is 5.67. The average molecular weight is 408 g/mol. The largest absolute Gasteiger partial charge is 0.493 e. The second-order valence-electron chi connectivity index (χ2n) is 6.74. The number of carbonyl (C=O) groups excluding carboxylic acids is 1. The number of likely N-dealkylation sites (tertiary alicyclic amines) is 1. The Labute approximate surface area is 172 Å². The molecule has 8 nitrogen and oxygen atoms in total. The van der Waals surface area contributed by atoms with Gasteiger partial charge in [-0.2, -0.15) is 0 Å². The molecule has 1 aromatic carbocycles. The SMILES string of the molecule is CCNC(=NCc1ccc(OCCO)c(OC)c1)N1CCC(C(=O)OCC)CC1. The van der Waals surface area contributed by atoms with Crippen LogP contribution in [0.5, 0.6) is 11.5 Å². The fourth-order valence-electron chi connectivity index (χ4n) is 3.26. The molecular weight excluding hydrogens is 374 g/mol. The fraction of sp³-hybridized carbons (Fsp3) is 0.619. The molecule has 0 radical (unpaired) electrons. The summed E-state index contributed by atoms with van der Waals surface area (Å²) in [5.74, 6) is 1.94. The summed E-state index contributed by atoms with van der Waals surface area (Å²) in [7, 11) is 1.59. The number of carbonyl (C=O) groups is 1. The van der Waals surface area contributed by atoms with Gasteiger partial charge in [0.25, 0.3) is 0 Å². The zero-order chi connectivity index (χ0) is 21.1. The molecule has 1 heterocycles. The van der Waals surface area contributed by atoms with Crippen LogP contribution in [0.4, 0.5) is 0 Å². The summed E-state index contributed by atoms with van der Waals surface area (Å²) < 4.78 is 16.0. The van der Waals surface area contributed by atoms with E-state index in [4.69, 9.17) is 24.3 Å². The van der Waals surface area contributed by atoms with Gasteiger partial charge in [0.15, 0.2) is 17.5 Å². The van der Waals surface area contributed by atoms with Crippen molar-refractivity contribution in [2.45, 2.75) is 33.2 Å². The van der Waals surface area contributed by atoms with Crippen LogP contribution in [0.2, 0.25) is 0 Å². The lowest BCUT2D eigenvalue weighted by atomic mass is 9.97. The van der Waals surface area contributed by atoms with Crippen molar-refractivity contribution < 1.29 is 24.1 Å². The molecule has 0 aromatic heterocycles. The minimum Gasteiger partial charge on any atom is -0.493 e. The van der Waals surface area contributed by atoms with Crippen LogP contribution in [0.1, 0.15) is 32.3 Å². The van der Waals surface area contributed by atoms with Gasteiger partial charge in [-0.05, 0) is 44.4 Å². The minimum atomic E-state index is -0.0929. The maximum atomic E-state index is 11.9. The van der Waals surface area contributed by atoms with E-state index in [0.29, 0.717) is 24.7 Å². The maximum absolute atomic E-state index is 11.9. The lowest BCUT2D eigenvalue weighted by Crippen LogP contribution is -2.46. The van der Waals surface area contributed by atoms with E-state index < -0.39 is 0 Å². The van der Waals surface area contributed by atoms with Crippen molar-refractivity contribution in [2.24, 2.45) is 10.9 Å². The van der Waals surface area contributed by atoms with Gasteiger partial charge >= 0.3 is 5.97 Å². The van der Waals surface area contributed by atoms with Crippen molar-refractivity contribution in [1.82, 2.24) is 10.2 Å². The summed E-state index contributed by atoms with van der Waals surface area (Å²) in [5, 5.41) is 12.3. The third-order valence-corrected chi connectivity index (χ3v) is 4.74. The number of aliphatic hydroxyl groups is 1. The first-order valence-corrected chi connectivity index (χ1v) is 10.2. The van der Waals surface area contributed by atoms with Gasteiger partial charge in [-0.25, -0.2) is 4.99 Å². The van der Waals surface area contributed by atoms with Gasteiger partial charge in [-0.1, -0.05) is 6.07 Å². The Morgan fingerprint density at radius 2 is 2.03 bits per heavy atom. The first-order chi connectivity index (χ1) is 14.1. The highest BCUT2D eigenvalue weighted by molar-refractivity contribution is 5.80. The molecule has 0 aliphatic carbocycles. The fourth-order valence-corrected chi connectivity index (χ4v) is 3.26. The Balaban J connectivity index is 2.01. The zero-order valence-corrected chi connectivity index (χ0v) is 17.6. The van der Waals surface area contributed by atoms with Crippen molar-refractivity contribution in [3.8, 4) is 11.5 Å². The molecule has 162 valence electrons. The van der Waals surface area contributed by atoms with Gasteiger partial charge in [-0.3, -0.25) is 4.79 Å². The van der Waals surface area contributed by atoms with Crippen LogP contribution in [0.3, 0.4) is 0 Å². The Hall–Kier alpha value is -2.48. The van der Waals surface area contributed by atoms with E-state index >= 15 is 0 Å². The summed E-state index contributed by atoms with van der Waals surface area (Å²) in [6.07, 6.45) is 1.54. The first kappa shape index (κ1) is 22.8. The van der Waals surface area contributed by atoms with E-state index in [0.717, 1.165) is 44.0 Å². The van der Waals surface area contributed by atoms with Crippen LogP contribution >= 0.6 is 0 Å². The highest BCUT2D eigenvalue weighted by atomic mass is 16.5. The lowest BCUT2D eigenvalue weighted by molar-refractivity contribution is -0.149. The number of benzene rings is 1. The van der Waals surface area contributed by atoms with E-state index in [1.165, 1.54) is 0 Å². The van der Waals surface area contributed by atoms with Crippen LogP contribution < -0.4 is 14.8 Å². The van der Waals surface area contributed by atoms with Gasteiger partial charge in [0.1, 0.15) is 6.61 Å². The van der Waals surface area contributed by atoms with E-state index in [-0.39, 0.29) is 25.1 Å². The topological polar surface area (TPSA) is 92.6 Å². The number of ether oxygens (including phenoxy) is 3. The highest BCUT2D eigenvalue weighted by Crippen LogP contribution is 2.28. The molecule has 0 atom stereocenters. The van der Waals surface area contributed by atoms with Crippen LogP contribution in [-0.2, 0) is 16.1 Å². The molecule has 29 heavy (non-hydrogen) atoms. The number of rotatable bonds is 9. The Kier molecular flexibility index (Phi) is 9.56. The summed E-state index contributed by atoms with van der Waals surface area (Å²) in [5.41, 5.74) is 0.995. The van der Waals surface area contributed by atoms with E-state index in [2.05, 4.69) is 10.2 Å². The maximum Gasteiger partial charge on any atom is 0.309 e. The third kappa shape index (κ3) is 6.81. The molecule has 1 aliphatic rings. The van der Waals surface area contributed by atoms with Crippen LogP contribution in [0.25, 0.3) is 0 Å². The summed E-state index contributed by atoms with van der Waals surface area (Å²) in [4.78, 5) is 18.9. The summed E-state index contributed by atoms with van der Waals surface area (Å²) >= 11 is 0. The highest BCUT2D eigenvalue weighted by Gasteiger charge is 2.27. The quantitative estimate of drug-likeness (QED) is 0.366. The molecule has 2 N–H and O–H groups in total. The van der Waals surface area contributed by atoms with Crippen molar-refractivity contribution in [3.05, 3.63) is 23.8 Å². The molecular formula is C21H33N3O5. The van der Waals surface area contributed by atoms with Gasteiger partial charge in [0, 0.05) is 19.6 Å². The van der Waals surface area contributed by atoms with E-state index in [1.54, 1.807) is 7.11 Å². The van der Waals surface area contributed by atoms with Gasteiger partial charge in [0.2, 0.25) is 0 Å². The number of aliphatic imine (C=N–C) groups is 1. The number of aliphatic hydroxyl groups excluding tert-OH is 1. The second kappa shape index (κ2) is 12.2. The Morgan fingerprint density at radius 3 is 2.66 bits per heavy atom. The predicted octanol–water partition coefficient (Wildman–Crippen LogP) is 1.81. The van der Waals surface area contributed by atoms with Crippen LogP contribution in [0.15, 0.2) is 23.2 Å². The molecule has 8 heteroatoms. The first-order valence-electron chi connectivity index (χ1n) is 10.2. The molecule has 1 aliphatic heterocycles. The smallest absolute Gasteiger partial charge is 0.309 e. The molecule has 1 aromatic rings. The normalized spacial score (nSPS) is 15.2. The number of guanidine groups is 1. The van der Waals surface area contributed by atoms with E-state index in [1.807, 2.05) is 32.0 Å². The number of esters is 1. The number of hydrogen-bond acceptors (Lipinski definition) is 6. The predicted molar refractivity (Wildman–Crippen MR) is 111 cm³/mol.